The van der Waals surface area contributed by atoms with Crippen molar-refractivity contribution in [3.05, 3.63) is 23.8 Å². The van der Waals surface area contributed by atoms with Crippen molar-refractivity contribution in [3.8, 4) is 11.5 Å². The molecule has 1 aromatic carbocycles. The molecule has 4 fully saturated rings. The third-order valence-electron chi connectivity index (χ3n) is 6.76. The number of hydrogen-bond acceptors (Lipinski definition) is 5. The SMILES string of the molecule is O=C(COC(=O)Cc1ccc2c(c1)OCCO2)NC12CC3CC(CC(C3)C1)C2. The first-order valence-corrected chi connectivity index (χ1v) is 10.4. The molecule has 4 saturated carbocycles. The molecule has 4 bridgehead atoms. The van der Waals surface area contributed by atoms with E-state index in [9.17, 15) is 9.59 Å². The number of rotatable bonds is 5. The number of ether oxygens (including phenoxy) is 3. The Balaban J connectivity index is 1.12. The number of fused-ring (bicyclic) bond motifs is 1. The molecular weight excluding hydrogens is 358 g/mol. The third-order valence-corrected chi connectivity index (χ3v) is 6.76. The van der Waals surface area contributed by atoms with Crippen LogP contribution < -0.4 is 14.8 Å². The summed E-state index contributed by atoms with van der Waals surface area (Å²) < 4.78 is 16.3. The van der Waals surface area contributed by atoms with Crippen LogP contribution in [0.1, 0.15) is 44.1 Å². The molecule has 150 valence electrons. The first-order chi connectivity index (χ1) is 13.6. The molecule has 1 heterocycles. The molecule has 28 heavy (non-hydrogen) atoms. The summed E-state index contributed by atoms with van der Waals surface area (Å²) >= 11 is 0. The predicted octanol–water partition coefficient (Wildman–Crippen LogP) is 2.63. The predicted molar refractivity (Wildman–Crippen MR) is 101 cm³/mol. The number of amides is 1. The monoisotopic (exact) mass is 385 g/mol. The molecule has 0 saturated heterocycles. The number of nitrogens with one attached hydrogen (secondary N) is 1. The topological polar surface area (TPSA) is 73.9 Å². The van der Waals surface area contributed by atoms with Crippen LogP contribution in [0.2, 0.25) is 0 Å². The maximum atomic E-state index is 12.5. The average Bonchev–Trinajstić information content (AvgIpc) is 2.65. The summed E-state index contributed by atoms with van der Waals surface area (Å²) in [5.74, 6) is 3.07. The van der Waals surface area contributed by atoms with Gasteiger partial charge in [0.25, 0.3) is 5.91 Å². The van der Waals surface area contributed by atoms with Crippen LogP contribution >= 0.6 is 0 Å². The number of carbonyl (C=O) groups is 2. The summed E-state index contributed by atoms with van der Waals surface area (Å²) in [4.78, 5) is 24.6. The lowest BCUT2D eigenvalue weighted by Gasteiger charge is -2.56. The Labute approximate surface area is 164 Å². The number of hydrogen-bond donors (Lipinski definition) is 1. The van der Waals surface area contributed by atoms with Gasteiger partial charge in [-0.05, 0) is 74.0 Å². The zero-order valence-electron chi connectivity index (χ0n) is 16.1. The minimum absolute atomic E-state index is 0.0475. The van der Waals surface area contributed by atoms with Crippen LogP contribution in [0.5, 0.6) is 11.5 Å². The summed E-state index contributed by atoms with van der Waals surface area (Å²) in [6.45, 7) is 0.837. The molecule has 0 spiro atoms. The Bertz CT molecular complexity index is 754. The van der Waals surface area contributed by atoms with E-state index in [1.54, 1.807) is 12.1 Å². The Kier molecular flexibility index (Phi) is 4.44. The Morgan fingerprint density at radius 3 is 2.32 bits per heavy atom. The Morgan fingerprint density at radius 1 is 1.00 bits per heavy atom. The molecule has 1 aliphatic heterocycles. The highest BCUT2D eigenvalue weighted by Gasteiger charge is 2.51. The number of esters is 1. The van der Waals surface area contributed by atoms with Crippen molar-refractivity contribution < 1.29 is 23.8 Å². The fourth-order valence-electron chi connectivity index (χ4n) is 6.16. The average molecular weight is 385 g/mol. The molecule has 1 aromatic rings. The largest absolute Gasteiger partial charge is 0.486 e. The molecule has 0 radical (unpaired) electrons. The standard InChI is InChI=1S/C22H27NO5/c24-20(23-22-10-15-5-16(11-22)7-17(6-15)12-22)13-28-21(25)9-14-1-2-18-19(8-14)27-4-3-26-18/h1-2,8,15-17H,3-7,9-13H2,(H,23,24). The first-order valence-electron chi connectivity index (χ1n) is 10.4. The van der Waals surface area contributed by atoms with Gasteiger partial charge in [-0.1, -0.05) is 6.07 Å². The molecule has 1 N–H and O–H groups in total. The molecule has 0 atom stereocenters. The van der Waals surface area contributed by atoms with Gasteiger partial charge in [0.05, 0.1) is 6.42 Å². The minimum atomic E-state index is -0.405. The summed E-state index contributed by atoms with van der Waals surface area (Å²) in [6.07, 6.45) is 7.39. The van der Waals surface area contributed by atoms with Gasteiger partial charge in [-0.15, -0.1) is 0 Å². The second-order valence-corrected chi connectivity index (χ2v) is 9.06. The van der Waals surface area contributed by atoms with Crippen molar-refractivity contribution >= 4 is 11.9 Å². The highest BCUT2D eigenvalue weighted by Crippen LogP contribution is 2.55. The molecule has 0 aromatic heterocycles. The second-order valence-electron chi connectivity index (χ2n) is 9.06. The quantitative estimate of drug-likeness (QED) is 0.789. The maximum Gasteiger partial charge on any atom is 0.310 e. The van der Waals surface area contributed by atoms with Gasteiger partial charge in [0.1, 0.15) is 13.2 Å². The van der Waals surface area contributed by atoms with Gasteiger partial charge in [-0.3, -0.25) is 9.59 Å². The van der Waals surface area contributed by atoms with Crippen LogP contribution in [0.25, 0.3) is 0 Å². The lowest BCUT2D eigenvalue weighted by molar-refractivity contribution is -0.149. The lowest BCUT2D eigenvalue weighted by Crippen LogP contribution is -2.60. The molecule has 5 aliphatic rings. The summed E-state index contributed by atoms with van der Waals surface area (Å²) in [5.41, 5.74) is 0.740. The lowest BCUT2D eigenvalue weighted by atomic mass is 9.53. The van der Waals surface area contributed by atoms with Gasteiger partial charge in [-0.2, -0.15) is 0 Å². The number of benzene rings is 1. The van der Waals surface area contributed by atoms with Crippen molar-refractivity contribution in [2.24, 2.45) is 17.8 Å². The fraction of sp³-hybridized carbons (Fsp3) is 0.636. The van der Waals surface area contributed by atoms with Gasteiger partial charge in [-0.25, -0.2) is 0 Å². The van der Waals surface area contributed by atoms with Gasteiger partial charge in [0.2, 0.25) is 0 Å². The van der Waals surface area contributed by atoms with Crippen LogP contribution in [0.15, 0.2) is 18.2 Å². The zero-order valence-corrected chi connectivity index (χ0v) is 16.1. The summed E-state index contributed by atoms with van der Waals surface area (Å²) in [7, 11) is 0. The van der Waals surface area contributed by atoms with Crippen LogP contribution in [-0.2, 0) is 20.7 Å². The number of carbonyl (C=O) groups excluding carboxylic acids is 2. The Morgan fingerprint density at radius 2 is 1.64 bits per heavy atom. The molecule has 6 rings (SSSR count). The van der Waals surface area contributed by atoms with E-state index in [4.69, 9.17) is 14.2 Å². The molecule has 0 unspecified atom stereocenters. The maximum absolute atomic E-state index is 12.5. The van der Waals surface area contributed by atoms with Gasteiger partial charge in [0, 0.05) is 5.54 Å². The summed E-state index contributed by atoms with van der Waals surface area (Å²) in [5, 5.41) is 3.23. The minimum Gasteiger partial charge on any atom is -0.486 e. The van der Waals surface area contributed by atoms with Gasteiger partial charge >= 0.3 is 5.97 Å². The van der Waals surface area contributed by atoms with E-state index in [0.29, 0.717) is 24.7 Å². The fourth-order valence-corrected chi connectivity index (χ4v) is 6.16. The van der Waals surface area contributed by atoms with Crippen molar-refractivity contribution in [1.29, 1.82) is 0 Å². The van der Waals surface area contributed by atoms with Crippen LogP contribution in [0.4, 0.5) is 0 Å². The normalized spacial score (nSPS) is 32.1. The van der Waals surface area contributed by atoms with Crippen molar-refractivity contribution in [3.63, 3.8) is 0 Å². The highest BCUT2D eigenvalue weighted by atomic mass is 16.6. The van der Waals surface area contributed by atoms with E-state index >= 15 is 0 Å². The van der Waals surface area contributed by atoms with Crippen molar-refractivity contribution in [2.45, 2.75) is 50.5 Å². The Hall–Kier alpha value is -2.24. The van der Waals surface area contributed by atoms with Crippen LogP contribution in [0.3, 0.4) is 0 Å². The summed E-state index contributed by atoms with van der Waals surface area (Å²) in [6, 6.07) is 5.42. The zero-order chi connectivity index (χ0) is 19.1. The smallest absolute Gasteiger partial charge is 0.310 e. The van der Waals surface area contributed by atoms with Gasteiger partial charge in [0.15, 0.2) is 18.1 Å². The van der Waals surface area contributed by atoms with Gasteiger partial charge < -0.3 is 19.5 Å². The van der Waals surface area contributed by atoms with E-state index in [2.05, 4.69) is 5.32 Å². The molecule has 4 aliphatic carbocycles. The van der Waals surface area contributed by atoms with E-state index < -0.39 is 5.97 Å². The van der Waals surface area contributed by atoms with E-state index in [0.717, 1.165) is 42.6 Å². The molecule has 6 nitrogen and oxygen atoms in total. The first kappa shape index (κ1) is 17.8. The van der Waals surface area contributed by atoms with Crippen molar-refractivity contribution in [2.75, 3.05) is 19.8 Å². The highest BCUT2D eigenvalue weighted by molar-refractivity contribution is 5.82. The third kappa shape index (κ3) is 3.56. The van der Waals surface area contributed by atoms with Crippen molar-refractivity contribution in [1.82, 2.24) is 5.32 Å². The molecular formula is C22H27NO5. The van der Waals surface area contributed by atoms with Crippen LogP contribution in [0, 0.1) is 17.8 Å². The second kappa shape index (κ2) is 6.98. The molecule has 6 heteroatoms. The molecule has 1 amide bonds. The van der Waals surface area contributed by atoms with E-state index in [1.165, 1.54) is 19.3 Å². The van der Waals surface area contributed by atoms with Crippen LogP contribution in [-0.4, -0.2) is 37.2 Å². The van der Waals surface area contributed by atoms with E-state index in [-0.39, 0.29) is 24.5 Å². The van der Waals surface area contributed by atoms with E-state index in [1.807, 2.05) is 6.07 Å².